The first-order valence-electron chi connectivity index (χ1n) is 7.47. The fraction of sp³-hybridized carbons (Fsp3) is 0.688. The van der Waals surface area contributed by atoms with Crippen LogP contribution in [0, 0.1) is 18.3 Å². The van der Waals surface area contributed by atoms with Crippen LogP contribution in [0.1, 0.15) is 46.0 Å². The topological polar surface area (TPSA) is 46.6 Å². The maximum atomic E-state index is 12.5. The number of likely N-dealkylation sites (tertiary alicyclic amines) is 1. The second-order valence-electron chi connectivity index (χ2n) is 6.54. The molecule has 22 heavy (non-hydrogen) atoms. The van der Waals surface area contributed by atoms with Crippen molar-refractivity contribution in [3.05, 3.63) is 18.3 Å². The molecule has 1 spiro atoms. The van der Waals surface area contributed by atoms with E-state index in [4.69, 9.17) is 4.18 Å². The molecule has 2 atom stereocenters. The van der Waals surface area contributed by atoms with Gasteiger partial charge in [0.2, 0.25) is 0 Å². The molecule has 2 aliphatic rings. The molecule has 0 aromatic rings. The Morgan fingerprint density at radius 2 is 2.18 bits per heavy atom. The summed E-state index contributed by atoms with van der Waals surface area (Å²) < 4.78 is 5.23. The van der Waals surface area contributed by atoms with Gasteiger partial charge in [-0.05, 0) is 36.8 Å². The van der Waals surface area contributed by atoms with E-state index in [0.717, 1.165) is 24.8 Å². The third-order valence-electron chi connectivity index (χ3n) is 4.80. The van der Waals surface area contributed by atoms with Crippen LogP contribution in [-0.2, 0) is 46.5 Å². The van der Waals surface area contributed by atoms with Gasteiger partial charge in [0.1, 0.15) is 5.76 Å². The molecule has 0 aromatic carbocycles. The molecule has 1 aliphatic carbocycles. The summed E-state index contributed by atoms with van der Waals surface area (Å²) in [6.07, 6.45) is 5.47. The second kappa shape index (κ2) is 8.30. The Bertz CT molecular complexity index is 466. The van der Waals surface area contributed by atoms with Gasteiger partial charge in [-0.15, -0.1) is 0 Å². The smallest absolute Gasteiger partial charge is 0.163 e. The summed E-state index contributed by atoms with van der Waals surface area (Å²) in [7, 11) is 0. The Balaban J connectivity index is 0.00000242. The molecule has 1 amide bonds. The van der Waals surface area contributed by atoms with E-state index in [1.54, 1.807) is 4.90 Å². The number of piperidine rings is 1. The van der Waals surface area contributed by atoms with Gasteiger partial charge in [-0.1, -0.05) is 13.8 Å². The number of amides is 1. The van der Waals surface area contributed by atoms with Crippen LogP contribution >= 0.6 is 12.9 Å². The van der Waals surface area contributed by atoms with Crippen molar-refractivity contribution in [3.8, 4) is 0 Å². The molecule has 1 fully saturated rings. The third-order valence-corrected chi connectivity index (χ3v) is 5.02. The van der Waals surface area contributed by atoms with Crippen LogP contribution in [0.5, 0.6) is 0 Å². The molecule has 121 valence electrons. The van der Waals surface area contributed by atoms with Gasteiger partial charge in [-0.25, -0.2) is 0 Å². The van der Waals surface area contributed by atoms with Gasteiger partial charge >= 0.3 is 0 Å². The van der Waals surface area contributed by atoms with Crippen molar-refractivity contribution in [2.45, 2.75) is 52.0 Å². The minimum atomic E-state index is -0.122. The van der Waals surface area contributed by atoms with Crippen LogP contribution in [0.2, 0.25) is 0 Å². The molecular weight excluding hydrogens is 375 g/mol. The first-order valence-corrected chi connectivity index (χ1v) is 7.84. The van der Waals surface area contributed by atoms with E-state index in [2.05, 4.69) is 19.8 Å². The van der Waals surface area contributed by atoms with Gasteiger partial charge in [0.25, 0.3) is 0 Å². The van der Waals surface area contributed by atoms with E-state index in [1.165, 1.54) is 0 Å². The average Bonchev–Trinajstić information content (AvgIpc) is 2.45. The molecule has 1 saturated heterocycles. The van der Waals surface area contributed by atoms with E-state index < -0.39 is 0 Å². The fourth-order valence-electron chi connectivity index (χ4n) is 3.77. The molecule has 4 nitrogen and oxygen atoms in total. The number of Topliss-reactive ketones (excluding diaryl/α,β-unsaturated/α-hetero) is 1. The molecule has 0 N–H and O–H groups in total. The van der Waals surface area contributed by atoms with Crippen molar-refractivity contribution in [1.29, 1.82) is 0 Å². The summed E-state index contributed by atoms with van der Waals surface area (Å²) >= 11 is 3.95. The van der Waals surface area contributed by atoms with Crippen LogP contribution in [0.3, 0.4) is 0 Å². The SMILES string of the molecule is [CH2-]CC1CC2(CCN1[C-]=O)CC(=O)C(C(C)C)=C(OS)C2.[Y]. The molecule has 1 aliphatic heterocycles. The number of carbonyl (C=O) groups is 1. The largest absolute Gasteiger partial charge is 0.520 e. The summed E-state index contributed by atoms with van der Waals surface area (Å²) in [5.41, 5.74) is 0.648. The summed E-state index contributed by atoms with van der Waals surface area (Å²) in [5, 5.41) is 0. The zero-order chi connectivity index (χ0) is 15.6. The number of allylic oxidation sites excluding steroid dienone is 2. The molecule has 1 radical (unpaired) electrons. The van der Waals surface area contributed by atoms with Crippen molar-refractivity contribution in [1.82, 2.24) is 4.90 Å². The van der Waals surface area contributed by atoms with Gasteiger partial charge in [0.15, 0.2) is 5.78 Å². The van der Waals surface area contributed by atoms with Gasteiger partial charge in [0.05, 0.1) is 0 Å². The number of ketones is 1. The first-order chi connectivity index (χ1) is 9.96. The number of hydrogen-bond acceptors (Lipinski definition) is 4. The average molecular weight is 398 g/mol. The molecule has 1 heterocycles. The minimum absolute atomic E-state index is 0. The fourth-order valence-corrected chi connectivity index (χ4v) is 3.93. The zero-order valence-corrected chi connectivity index (χ0v) is 17.0. The van der Waals surface area contributed by atoms with Crippen molar-refractivity contribution in [2.24, 2.45) is 11.3 Å². The normalized spacial score (nSPS) is 28.9. The summed E-state index contributed by atoms with van der Waals surface area (Å²) in [6, 6.07) is 0.0609. The number of rotatable bonds is 4. The second-order valence-corrected chi connectivity index (χ2v) is 6.72. The van der Waals surface area contributed by atoms with Crippen molar-refractivity contribution in [3.63, 3.8) is 0 Å². The van der Waals surface area contributed by atoms with E-state index in [-0.39, 0.29) is 55.9 Å². The Kier molecular flexibility index (Phi) is 7.61. The zero-order valence-electron chi connectivity index (χ0n) is 13.3. The van der Waals surface area contributed by atoms with Gasteiger partial charge in [0, 0.05) is 64.0 Å². The van der Waals surface area contributed by atoms with Gasteiger partial charge in [-0.3, -0.25) is 4.79 Å². The van der Waals surface area contributed by atoms with E-state index in [0.29, 0.717) is 25.1 Å². The van der Waals surface area contributed by atoms with Gasteiger partial charge in [-0.2, -0.15) is 12.8 Å². The Hall–Kier alpha value is 0.134. The van der Waals surface area contributed by atoms with Gasteiger partial charge < -0.3 is 20.8 Å². The van der Waals surface area contributed by atoms with E-state index >= 15 is 0 Å². The standard InChI is InChI=1S/C16H23NO3S.Y/c1-4-12-7-16(5-6-17(12)10-18)8-13(19)15(11(2)3)14(9-16)20-21;/h11-12,21H,1,4-9H2,2-3H3;/q-2;. The van der Waals surface area contributed by atoms with Crippen molar-refractivity contribution >= 4 is 25.1 Å². The molecule has 2 rings (SSSR count). The Morgan fingerprint density at radius 3 is 2.68 bits per heavy atom. The molecular formula is C16H23NO3SY-2. The quantitative estimate of drug-likeness (QED) is 0.450. The van der Waals surface area contributed by atoms with Crippen molar-refractivity contribution < 1.29 is 46.5 Å². The summed E-state index contributed by atoms with van der Waals surface area (Å²) in [5.74, 6) is 1.01. The van der Waals surface area contributed by atoms with Crippen LogP contribution in [0.4, 0.5) is 0 Å². The molecule has 0 saturated carbocycles. The maximum Gasteiger partial charge on any atom is 0.163 e. The predicted octanol–water partition coefficient (Wildman–Crippen LogP) is 2.86. The molecule has 2 unspecified atom stereocenters. The maximum absolute atomic E-state index is 12.5. The number of hydrogen-bond donors (Lipinski definition) is 1. The van der Waals surface area contributed by atoms with Crippen molar-refractivity contribution in [2.75, 3.05) is 6.54 Å². The monoisotopic (exact) mass is 398 g/mol. The summed E-state index contributed by atoms with van der Waals surface area (Å²) in [6.45, 7) is 8.56. The molecule has 0 bridgehead atoms. The molecule has 0 aromatic heterocycles. The predicted molar refractivity (Wildman–Crippen MR) is 84.0 cm³/mol. The number of carbonyl (C=O) groups excluding carboxylic acids is 2. The minimum Gasteiger partial charge on any atom is -0.520 e. The number of thiol groups is 1. The van der Waals surface area contributed by atoms with Crippen LogP contribution < -0.4 is 0 Å². The first kappa shape index (κ1) is 20.2. The van der Waals surface area contributed by atoms with E-state index in [9.17, 15) is 9.59 Å². The van der Waals surface area contributed by atoms with Crippen LogP contribution in [0.25, 0.3) is 0 Å². The molecule has 6 heteroatoms. The summed E-state index contributed by atoms with van der Waals surface area (Å²) in [4.78, 5) is 25.2. The van der Waals surface area contributed by atoms with E-state index in [1.807, 2.05) is 20.3 Å². The van der Waals surface area contributed by atoms with Crippen LogP contribution in [0.15, 0.2) is 11.3 Å². The van der Waals surface area contributed by atoms with Crippen LogP contribution in [-0.4, -0.2) is 29.7 Å². The third kappa shape index (κ3) is 3.96. The Morgan fingerprint density at radius 1 is 1.50 bits per heavy atom. The number of nitrogens with zero attached hydrogens (tertiary/aromatic N) is 1. The Labute approximate surface area is 163 Å².